The zero-order chi connectivity index (χ0) is 19.5. The van der Waals surface area contributed by atoms with Crippen molar-refractivity contribution in [3.63, 3.8) is 0 Å². The quantitative estimate of drug-likeness (QED) is 0.673. The van der Waals surface area contributed by atoms with Gasteiger partial charge in [-0.3, -0.25) is 4.79 Å². The van der Waals surface area contributed by atoms with Crippen LogP contribution in [0.3, 0.4) is 0 Å². The molecule has 0 aromatic heterocycles. The van der Waals surface area contributed by atoms with Crippen LogP contribution in [0.1, 0.15) is 18.1 Å². The molecular formula is C18H19ClF3NO3. The molecule has 0 heterocycles. The molecule has 0 saturated heterocycles. The summed E-state index contributed by atoms with van der Waals surface area (Å²) in [6, 6.07) is 10.2. The normalized spacial score (nSPS) is 9.96. The van der Waals surface area contributed by atoms with E-state index in [1.165, 1.54) is 12.1 Å². The van der Waals surface area contributed by atoms with Crippen molar-refractivity contribution in [1.29, 1.82) is 0 Å². The van der Waals surface area contributed by atoms with Gasteiger partial charge in [-0.2, -0.15) is 8.78 Å². The molecule has 0 atom stereocenters. The molecule has 26 heavy (non-hydrogen) atoms. The van der Waals surface area contributed by atoms with Crippen molar-refractivity contribution in [2.75, 3.05) is 12.4 Å². The first-order valence-electron chi connectivity index (χ1n) is 7.65. The fourth-order valence-corrected chi connectivity index (χ4v) is 2.28. The Kier molecular flexibility index (Phi) is 9.36. The van der Waals surface area contributed by atoms with Gasteiger partial charge in [-0.15, -0.1) is 0 Å². The molecule has 0 amide bonds. The first-order chi connectivity index (χ1) is 12.4. The number of rotatable bonds is 7. The van der Waals surface area contributed by atoms with Crippen LogP contribution in [0, 0.1) is 5.82 Å². The Morgan fingerprint density at radius 1 is 1.19 bits per heavy atom. The third kappa shape index (κ3) is 7.23. The van der Waals surface area contributed by atoms with Crippen molar-refractivity contribution >= 4 is 23.8 Å². The summed E-state index contributed by atoms with van der Waals surface area (Å²) in [5.41, 5.74) is 2.79. The van der Waals surface area contributed by atoms with Gasteiger partial charge in [-0.1, -0.05) is 18.5 Å². The van der Waals surface area contributed by atoms with Gasteiger partial charge < -0.3 is 14.8 Å². The van der Waals surface area contributed by atoms with Gasteiger partial charge in [0.05, 0.1) is 0 Å². The zero-order valence-corrected chi connectivity index (χ0v) is 15.0. The molecule has 8 heteroatoms. The Labute approximate surface area is 154 Å². The average molecular weight is 390 g/mol. The van der Waals surface area contributed by atoms with Gasteiger partial charge in [0, 0.05) is 23.3 Å². The summed E-state index contributed by atoms with van der Waals surface area (Å²) in [6.07, 6.45) is 0.724. The molecule has 0 radical (unpaired) electrons. The number of anilines is 1. The molecule has 0 saturated carbocycles. The lowest BCUT2D eigenvalue weighted by Gasteiger charge is -2.13. The summed E-state index contributed by atoms with van der Waals surface area (Å²) >= 11 is 6.00. The highest BCUT2D eigenvalue weighted by atomic mass is 35.5. The van der Waals surface area contributed by atoms with Gasteiger partial charge in [0.15, 0.2) is 0 Å². The third-order valence-electron chi connectivity index (χ3n) is 3.28. The van der Waals surface area contributed by atoms with Gasteiger partial charge in [0.2, 0.25) is 0 Å². The van der Waals surface area contributed by atoms with Crippen molar-refractivity contribution in [1.82, 2.24) is 0 Å². The molecule has 2 aromatic rings. The summed E-state index contributed by atoms with van der Waals surface area (Å²) in [4.78, 5) is 8.91. The highest BCUT2D eigenvalue weighted by Crippen LogP contribution is 2.25. The van der Waals surface area contributed by atoms with Crippen molar-refractivity contribution < 1.29 is 27.4 Å². The summed E-state index contributed by atoms with van der Waals surface area (Å²) in [5, 5.41) is 3.76. The molecular weight excluding hydrogens is 371 g/mol. The van der Waals surface area contributed by atoms with Crippen molar-refractivity contribution in [2.24, 2.45) is 0 Å². The molecule has 2 rings (SSSR count). The van der Waals surface area contributed by atoms with Crippen molar-refractivity contribution in [3.8, 4) is 5.75 Å². The van der Waals surface area contributed by atoms with E-state index in [4.69, 9.17) is 21.1 Å². The van der Waals surface area contributed by atoms with E-state index in [2.05, 4.69) is 10.1 Å². The van der Waals surface area contributed by atoms with Gasteiger partial charge in [-0.25, -0.2) is 4.39 Å². The molecule has 0 bridgehead atoms. The molecule has 2 aromatic carbocycles. The molecule has 0 aliphatic rings. The van der Waals surface area contributed by atoms with E-state index in [9.17, 15) is 13.2 Å². The lowest BCUT2D eigenvalue weighted by atomic mass is 10.1. The second kappa shape index (κ2) is 11.3. The number of nitrogens with one attached hydrogen (secondary N) is 1. The van der Waals surface area contributed by atoms with Gasteiger partial charge in [-0.05, 0) is 48.4 Å². The van der Waals surface area contributed by atoms with E-state index < -0.39 is 6.61 Å². The van der Waals surface area contributed by atoms with Crippen LogP contribution in [0.2, 0.25) is 5.02 Å². The Hall–Kier alpha value is -2.41. The molecule has 0 spiro atoms. The Balaban J connectivity index is 0.000000487. The lowest BCUT2D eigenvalue weighted by molar-refractivity contribution is -0.160. The maximum absolute atomic E-state index is 13.2. The van der Waals surface area contributed by atoms with Gasteiger partial charge in [0.25, 0.3) is 6.47 Å². The predicted molar refractivity (Wildman–Crippen MR) is 94.3 cm³/mol. The second-order valence-electron chi connectivity index (χ2n) is 4.94. The second-order valence-corrected chi connectivity index (χ2v) is 5.38. The molecule has 0 aliphatic heterocycles. The maximum Gasteiger partial charge on any atom is 0.389 e. The number of hydrogen-bond acceptors (Lipinski definition) is 4. The van der Waals surface area contributed by atoms with Crippen LogP contribution in [-0.2, 0) is 22.6 Å². The van der Waals surface area contributed by atoms with Crippen LogP contribution in [-0.4, -0.2) is 20.1 Å². The van der Waals surface area contributed by atoms with E-state index in [1.54, 1.807) is 6.07 Å². The first kappa shape index (κ1) is 21.6. The smallest absolute Gasteiger partial charge is 0.389 e. The zero-order valence-electron chi connectivity index (χ0n) is 14.3. The van der Waals surface area contributed by atoms with Crippen LogP contribution >= 0.6 is 11.6 Å². The van der Waals surface area contributed by atoms with Crippen LogP contribution in [0.25, 0.3) is 0 Å². The number of alkyl halides is 2. The fourth-order valence-electron chi connectivity index (χ4n) is 2.09. The van der Waals surface area contributed by atoms with Crippen LogP contribution in [0.15, 0.2) is 36.4 Å². The Morgan fingerprint density at radius 3 is 2.46 bits per heavy atom. The van der Waals surface area contributed by atoms with Crippen LogP contribution < -0.4 is 10.1 Å². The number of ether oxygens (including phenoxy) is 2. The van der Waals surface area contributed by atoms with Crippen molar-refractivity contribution in [2.45, 2.75) is 26.6 Å². The number of carbonyl (C=O) groups excluding carboxylic acids is 1. The fraction of sp³-hybridized carbons (Fsp3) is 0.278. The molecule has 1 N–H and O–H groups in total. The SMILES string of the molecule is CCc1cc(F)ccc1OCc1cc(Cl)ccc1NC.O=COC(F)F. The molecule has 0 fully saturated rings. The Bertz CT molecular complexity index is 714. The largest absolute Gasteiger partial charge is 0.489 e. The maximum atomic E-state index is 13.2. The number of benzene rings is 2. The van der Waals surface area contributed by atoms with Crippen LogP contribution in [0.4, 0.5) is 18.9 Å². The minimum absolute atomic E-state index is 0.243. The van der Waals surface area contributed by atoms with Crippen LogP contribution in [0.5, 0.6) is 5.75 Å². The molecule has 0 aliphatic carbocycles. The standard InChI is InChI=1S/C16H17ClFNO.C2H2F2O2/c1-3-11-9-14(18)5-7-16(11)20-10-12-8-13(17)4-6-15(12)19-2;3-2(4)6-1-5/h4-9,19H,3,10H2,1-2H3;1-2H. The third-order valence-corrected chi connectivity index (χ3v) is 3.52. The minimum Gasteiger partial charge on any atom is -0.489 e. The number of hydrogen-bond donors (Lipinski definition) is 1. The molecule has 142 valence electrons. The summed E-state index contributed by atoms with van der Waals surface area (Å²) < 4.78 is 43.2. The first-order valence-corrected chi connectivity index (χ1v) is 8.03. The summed E-state index contributed by atoms with van der Waals surface area (Å²) in [7, 11) is 1.85. The van der Waals surface area contributed by atoms with E-state index >= 15 is 0 Å². The monoisotopic (exact) mass is 389 g/mol. The number of carbonyl (C=O) groups is 1. The Morgan fingerprint density at radius 2 is 1.92 bits per heavy atom. The number of halogens is 4. The highest BCUT2D eigenvalue weighted by Gasteiger charge is 2.07. The number of aryl methyl sites for hydroxylation is 1. The van der Waals surface area contributed by atoms with E-state index in [0.29, 0.717) is 17.4 Å². The summed E-state index contributed by atoms with van der Waals surface area (Å²) in [6.45, 7) is -0.914. The predicted octanol–water partition coefficient (Wildman–Crippen LogP) is 5.04. The minimum atomic E-state index is -2.97. The topological polar surface area (TPSA) is 47.6 Å². The molecule has 4 nitrogen and oxygen atoms in total. The average Bonchev–Trinajstić information content (AvgIpc) is 2.61. The highest BCUT2D eigenvalue weighted by molar-refractivity contribution is 6.30. The van der Waals surface area contributed by atoms with Gasteiger partial charge in [0.1, 0.15) is 18.2 Å². The van der Waals surface area contributed by atoms with Crippen molar-refractivity contribution in [3.05, 3.63) is 58.4 Å². The van der Waals surface area contributed by atoms with E-state index in [1.807, 2.05) is 32.2 Å². The van der Waals surface area contributed by atoms with Gasteiger partial charge >= 0.3 is 6.61 Å². The molecule has 0 unspecified atom stereocenters. The van der Waals surface area contributed by atoms with E-state index in [-0.39, 0.29) is 12.3 Å². The van der Waals surface area contributed by atoms with E-state index in [0.717, 1.165) is 23.2 Å². The lowest BCUT2D eigenvalue weighted by Crippen LogP contribution is -2.02. The summed E-state index contributed by atoms with van der Waals surface area (Å²) in [5.74, 6) is 0.462.